The molecule has 0 bridgehead atoms. The van der Waals surface area contributed by atoms with Crippen molar-refractivity contribution in [3.63, 3.8) is 0 Å². The fraction of sp³-hybridized carbons (Fsp3) is 0.360. The van der Waals surface area contributed by atoms with Crippen LogP contribution in [0.2, 0.25) is 0 Å². The Bertz CT molecular complexity index is 1400. The number of hydrogen-bond donors (Lipinski definition) is 0. The van der Waals surface area contributed by atoms with E-state index in [1.54, 1.807) is 0 Å². The highest BCUT2D eigenvalue weighted by atomic mass is 19.1. The summed E-state index contributed by atoms with van der Waals surface area (Å²) in [6.45, 7) is 5.49. The number of morpholine rings is 1. The van der Waals surface area contributed by atoms with E-state index in [9.17, 15) is 8.78 Å². The largest absolute Gasteiger partial charge is 0.370 e. The number of aryl methyl sites for hydroxylation is 2. The van der Waals surface area contributed by atoms with E-state index in [0.717, 1.165) is 23.0 Å². The second-order valence-corrected chi connectivity index (χ2v) is 9.01. The van der Waals surface area contributed by atoms with Gasteiger partial charge in [0.1, 0.15) is 34.8 Å². The second kappa shape index (κ2) is 8.09. The van der Waals surface area contributed by atoms with Crippen molar-refractivity contribution in [2.45, 2.75) is 38.8 Å². The van der Waals surface area contributed by atoms with Crippen LogP contribution in [0.4, 0.5) is 14.6 Å². The molecule has 1 aliphatic heterocycles. The van der Waals surface area contributed by atoms with Crippen LogP contribution in [-0.2, 0) is 4.74 Å². The Morgan fingerprint density at radius 1 is 1.03 bits per heavy atom. The van der Waals surface area contributed by atoms with Gasteiger partial charge in [0.15, 0.2) is 0 Å². The van der Waals surface area contributed by atoms with Crippen molar-refractivity contribution in [2.24, 2.45) is 0 Å². The lowest BCUT2D eigenvalue weighted by Crippen LogP contribution is -2.38. The SMILES string of the molecule is Cc1nc2cc(N3CCOC(c4cnn(C5CC5)c4)C3)nc(-c3ccc(F)cc3F)c2nc1C. The predicted molar refractivity (Wildman–Crippen MR) is 124 cm³/mol. The summed E-state index contributed by atoms with van der Waals surface area (Å²) in [4.78, 5) is 16.3. The molecule has 174 valence electrons. The molecule has 4 aromatic rings. The molecule has 1 saturated carbocycles. The van der Waals surface area contributed by atoms with Gasteiger partial charge in [-0.1, -0.05) is 0 Å². The van der Waals surface area contributed by atoms with Gasteiger partial charge in [0.05, 0.1) is 35.8 Å². The van der Waals surface area contributed by atoms with E-state index in [-0.39, 0.29) is 11.7 Å². The van der Waals surface area contributed by atoms with Crippen molar-refractivity contribution in [1.82, 2.24) is 24.7 Å². The minimum Gasteiger partial charge on any atom is -0.370 e. The highest BCUT2D eigenvalue weighted by molar-refractivity contribution is 5.91. The van der Waals surface area contributed by atoms with Crippen LogP contribution in [0.3, 0.4) is 0 Å². The van der Waals surface area contributed by atoms with Gasteiger partial charge >= 0.3 is 0 Å². The molecule has 0 amide bonds. The fourth-order valence-electron chi connectivity index (χ4n) is 4.37. The van der Waals surface area contributed by atoms with Gasteiger partial charge in [-0.2, -0.15) is 5.10 Å². The predicted octanol–water partition coefficient (Wildman–Crippen LogP) is 4.70. The average molecular weight is 463 g/mol. The second-order valence-electron chi connectivity index (χ2n) is 9.01. The van der Waals surface area contributed by atoms with Crippen molar-refractivity contribution < 1.29 is 13.5 Å². The van der Waals surface area contributed by atoms with Crippen LogP contribution in [0, 0.1) is 25.5 Å². The van der Waals surface area contributed by atoms with Crippen molar-refractivity contribution in [3.8, 4) is 11.3 Å². The Kier molecular flexibility index (Phi) is 5.02. The van der Waals surface area contributed by atoms with Crippen LogP contribution in [0.25, 0.3) is 22.3 Å². The molecule has 1 aliphatic carbocycles. The zero-order chi connectivity index (χ0) is 23.4. The molecular formula is C25H24F2N6O. The Labute approximate surface area is 195 Å². The summed E-state index contributed by atoms with van der Waals surface area (Å²) in [6, 6.07) is 5.90. The van der Waals surface area contributed by atoms with Gasteiger partial charge in [-0.05, 0) is 38.8 Å². The monoisotopic (exact) mass is 462 g/mol. The standard InChI is InChI=1S/C25H24F2N6O/c1-14-15(2)30-25-21(29-14)10-23(31-24(25)19-6-3-17(26)9-20(19)27)32-7-8-34-22(13-32)16-11-28-33(12-16)18-4-5-18/h3,6,9-12,18,22H,4-5,7-8,13H2,1-2H3. The molecule has 7 nitrogen and oxygen atoms in total. The van der Waals surface area contributed by atoms with E-state index in [1.807, 2.05) is 30.8 Å². The summed E-state index contributed by atoms with van der Waals surface area (Å²) >= 11 is 0. The maximum atomic E-state index is 14.8. The molecule has 0 spiro atoms. The van der Waals surface area contributed by atoms with Crippen LogP contribution >= 0.6 is 0 Å². The molecular weight excluding hydrogens is 438 g/mol. The van der Waals surface area contributed by atoms with Crippen LogP contribution in [0.5, 0.6) is 0 Å². The molecule has 34 heavy (non-hydrogen) atoms. The molecule has 3 aromatic heterocycles. The summed E-state index contributed by atoms with van der Waals surface area (Å²) < 4.78 is 36.5. The van der Waals surface area contributed by atoms with Crippen molar-refractivity contribution in [2.75, 3.05) is 24.6 Å². The maximum Gasteiger partial charge on any atom is 0.135 e. The van der Waals surface area contributed by atoms with Crippen LogP contribution in [-0.4, -0.2) is 44.4 Å². The molecule has 2 aliphatic rings. The van der Waals surface area contributed by atoms with E-state index < -0.39 is 11.6 Å². The number of ether oxygens (including phenoxy) is 1. The van der Waals surface area contributed by atoms with Gasteiger partial charge in [0.2, 0.25) is 0 Å². The molecule has 1 atom stereocenters. The molecule has 6 rings (SSSR count). The molecule has 0 radical (unpaired) electrons. The molecule has 1 saturated heterocycles. The topological polar surface area (TPSA) is 69.0 Å². The Hall–Kier alpha value is -3.46. The van der Waals surface area contributed by atoms with Crippen molar-refractivity contribution >= 4 is 16.9 Å². The first-order valence-electron chi connectivity index (χ1n) is 11.5. The molecule has 4 heterocycles. The van der Waals surface area contributed by atoms with Gasteiger partial charge < -0.3 is 9.64 Å². The third-order valence-electron chi connectivity index (χ3n) is 6.54. The summed E-state index contributed by atoms with van der Waals surface area (Å²) in [7, 11) is 0. The third-order valence-corrected chi connectivity index (χ3v) is 6.54. The molecule has 9 heteroatoms. The van der Waals surface area contributed by atoms with E-state index >= 15 is 0 Å². The first-order valence-corrected chi connectivity index (χ1v) is 11.5. The lowest BCUT2D eigenvalue weighted by Gasteiger charge is -2.33. The first kappa shape index (κ1) is 21.1. The summed E-state index contributed by atoms with van der Waals surface area (Å²) in [5.74, 6) is -0.660. The van der Waals surface area contributed by atoms with E-state index in [2.05, 4.69) is 21.2 Å². The normalized spacial score (nSPS) is 18.6. The van der Waals surface area contributed by atoms with E-state index in [4.69, 9.17) is 14.7 Å². The minimum atomic E-state index is -0.682. The van der Waals surface area contributed by atoms with Gasteiger partial charge in [-0.25, -0.2) is 23.7 Å². The molecule has 1 unspecified atom stereocenters. The molecule has 1 aromatic carbocycles. The van der Waals surface area contributed by atoms with Gasteiger partial charge in [0, 0.05) is 42.5 Å². The highest BCUT2D eigenvalue weighted by Gasteiger charge is 2.29. The van der Waals surface area contributed by atoms with Crippen molar-refractivity contribution in [3.05, 3.63) is 65.2 Å². The maximum absolute atomic E-state index is 14.8. The zero-order valence-electron chi connectivity index (χ0n) is 19.0. The number of aromatic nitrogens is 5. The van der Waals surface area contributed by atoms with Gasteiger partial charge in [-0.3, -0.25) is 4.68 Å². The summed E-state index contributed by atoms with van der Waals surface area (Å²) in [6.07, 6.45) is 6.13. The number of pyridine rings is 1. The minimum absolute atomic E-state index is 0.143. The summed E-state index contributed by atoms with van der Waals surface area (Å²) in [5, 5.41) is 4.49. The Morgan fingerprint density at radius 3 is 2.65 bits per heavy atom. The number of nitrogens with zero attached hydrogens (tertiary/aromatic N) is 6. The van der Waals surface area contributed by atoms with Crippen LogP contribution in [0.15, 0.2) is 36.7 Å². The Morgan fingerprint density at radius 2 is 1.85 bits per heavy atom. The van der Waals surface area contributed by atoms with Gasteiger partial charge in [0.25, 0.3) is 0 Å². The zero-order valence-corrected chi connectivity index (χ0v) is 19.0. The highest BCUT2D eigenvalue weighted by Crippen LogP contribution is 2.36. The lowest BCUT2D eigenvalue weighted by molar-refractivity contribution is 0.0395. The average Bonchev–Trinajstić information content (AvgIpc) is 3.56. The number of fused-ring (bicyclic) bond motifs is 1. The summed E-state index contributed by atoms with van der Waals surface area (Å²) in [5.41, 5.74) is 4.23. The number of rotatable bonds is 4. The van der Waals surface area contributed by atoms with E-state index in [0.29, 0.717) is 48.3 Å². The third kappa shape index (κ3) is 3.79. The van der Waals surface area contributed by atoms with Crippen LogP contribution in [0.1, 0.15) is 41.9 Å². The Balaban J connectivity index is 1.41. The first-order chi connectivity index (χ1) is 16.5. The number of hydrogen-bond acceptors (Lipinski definition) is 6. The molecule has 0 N–H and O–H groups in total. The number of halogens is 2. The van der Waals surface area contributed by atoms with Crippen LogP contribution < -0.4 is 4.90 Å². The quantitative estimate of drug-likeness (QED) is 0.438. The van der Waals surface area contributed by atoms with Gasteiger partial charge in [-0.15, -0.1) is 0 Å². The smallest absolute Gasteiger partial charge is 0.135 e. The number of anilines is 1. The van der Waals surface area contributed by atoms with E-state index in [1.165, 1.54) is 25.0 Å². The number of benzene rings is 1. The lowest BCUT2D eigenvalue weighted by atomic mass is 10.1. The van der Waals surface area contributed by atoms with Crippen molar-refractivity contribution in [1.29, 1.82) is 0 Å². The fourth-order valence-corrected chi connectivity index (χ4v) is 4.37. The molecule has 2 fully saturated rings.